The van der Waals surface area contributed by atoms with E-state index in [1.807, 2.05) is 6.92 Å². The molecule has 38 heavy (non-hydrogen) atoms. The Morgan fingerprint density at radius 2 is 2.11 bits per heavy atom. The molecule has 0 aliphatic carbocycles. The molecule has 1 fully saturated rings. The van der Waals surface area contributed by atoms with Crippen molar-refractivity contribution in [2.75, 3.05) is 13.2 Å². The lowest BCUT2D eigenvalue weighted by atomic mass is 9.90. The first-order valence-corrected chi connectivity index (χ1v) is 12.1. The van der Waals surface area contributed by atoms with E-state index in [0.717, 1.165) is 6.20 Å². The van der Waals surface area contributed by atoms with Crippen LogP contribution in [0.5, 0.6) is 5.75 Å². The standard InChI is InChI=1S/C24H25ClF3N5O5/c1-11(6-26)31-38-24(3)5-4-12(2)32-10-16(24)33-9-13(20(34)21(35)19(33)23(32)37)22(36)30-8-15-18(28)17(25)14(27)7-29-15/h7,9,12,16,35H,4-6,8,10H2,1-3H3,(H,30,36)/b31-11+/t12-,16+,24+/m0/s1. The van der Waals surface area contributed by atoms with Crippen LogP contribution < -0.4 is 10.7 Å². The maximum atomic E-state index is 14.2. The summed E-state index contributed by atoms with van der Waals surface area (Å²) in [6.07, 6.45) is 2.69. The van der Waals surface area contributed by atoms with Gasteiger partial charge in [0.05, 0.1) is 30.2 Å². The highest BCUT2D eigenvalue weighted by Crippen LogP contribution is 2.42. The van der Waals surface area contributed by atoms with Crippen LogP contribution in [-0.2, 0) is 11.4 Å². The number of aromatic nitrogens is 2. The van der Waals surface area contributed by atoms with Gasteiger partial charge in [-0.15, -0.1) is 0 Å². The van der Waals surface area contributed by atoms with E-state index >= 15 is 0 Å². The van der Waals surface area contributed by atoms with Crippen LogP contribution >= 0.6 is 11.6 Å². The number of fused-ring (bicyclic) bond motifs is 4. The average molecular weight is 556 g/mol. The van der Waals surface area contributed by atoms with Gasteiger partial charge in [0.25, 0.3) is 11.8 Å². The van der Waals surface area contributed by atoms with Gasteiger partial charge in [-0.1, -0.05) is 16.8 Å². The fourth-order valence-corrected chi connectivity index (χ4v) is 4.75. The molecule has 2 bridgehead atoms. The Bertz CT molecular complexity index is 1400. The quantitative estimate of drug-likeness (QED) is 0.417. The van der Waals surface area contributed by atoms with Gasteiger partial charge in [0, 0.05) is 18.8 Å². The molecule has 4 rings (SSSR count). The Balaban J connectivity index is 1.75. The summed E-state index contributed by atoms with van der Waals surface area (Å²) in [4.78, 5) is 50.0. The summed E-state index contributed by atoms with van der Waals surface area (Å²) < 4.78 is 41.9. The van der Waals surface area contributed by atoms with Crippen molar-refractivity contribution in [1.82, 2.24) is 19.8 Å². The van der Waals surface area contributed by atoms with E-state index < -0.39 is 70.1 Å². The largest absolute Gasteiger partial charge is 0.503 e. The van der Waals surface area contributed by atoms with Gasteiger partial charge in [0.15, 0.2) is 28.7 Å². The average Bonchev–Trinajstić information content (AvgIpc) is 3.01. The van der Waals surface area contributed by atoms with E-state index in [2.05, 4.69) is 15.5 Å². The van der Waals surface area contributed by atoms with Crippen LogP contribution in [-0.4, -0.2) is 61.9 Å². The summed E-state index contributed by atoms with van der Waals surface area (Å²) in [5.41, 5.74) is -3.37. The van der Waals surface area contributed by atoms with Crippen LogP contribution in [0.2, 0.25) is 5.02 Å². The smallest absolute Gasteiger partial charge is 0.274 e. The summed E-state index contributed by atoms with van der Waals surface area (Å²) in [7, 11) is 0. The molecule has 4 heterocycles. The van der Waals surface area contributed by atoms with Gasteiger partial charge in [-0.05, 0) is 33.6 Å². The molecule has 204 valence electrons. The summed E-state index contributed by atoms with van der Waals surface area (Å²) in [6.45, 7) is 3.72. The number of aromatic hydroxyl groups is 1. The minimum atomic E-state index is -1.17. The number of pyridine rings is 2. The monoisotopic (exact) mass is 555 g/mol. The van der Waals surface area contributed by atoms with Crippen molar-refractivity contribution >= 4 is 29.1 Å². The summed E-state index contributed by atoms with van der Waals surface area (Å²) >= 11 is 5.54. The molecule has 2 amide bonds. The highest BCUT2D eigenvalue weighted by atomic mass is 35.5. The zero-order chi connectivity index (χ0) is 27.9. The molecule has 0 aromatic carbocycles. The van der Waals surface area contributed by atoms with Crippen molar-refractivity contribution in [1.29, 1.82) is 0 Å². The van der Waals surface area contributed by atoms with E-state index in [1.165, 1.54) is 16.4 Å². The lowest BCUT2D eigenvalue weighted by Gasteiger charge is -2.42. The second kappa shape index (κ2) is 10.3. The second-order valence-electron chi connectivity index (χ2n) is 9.57. The molecule has 0 spiro atoms. The van der Waals surface area contributed by atoms with Crippen molar-refractivity contribution in [2.24, 2.45) is 5.16 Å². The van der Waals surface area contributed by atoms with Crippen molar-refractivity contribution in [2.45, 2.75) is 57.8 Å². The maximum absolute atomic E-state index is 14.2. The number of halogens is 4. The molecule has 2 aromatic rings. The molecule has 10 nitrogen and oxygen atoms in total. The number of hydrogen-bond acceptors (Lipinski definition) is 7. The van der Waals surface area contributed by atoms with Crippen molar-refractivity contribution in [3.8, 4) is 5.75 Å². The van der Waals surface area contributed by atoms with Crippen LogP contribution in [0.15, 0.2) is 22.3 Å². The third-order valence-electron chi connectivity index (χ3n) is 6.93. The predicted molar refractivity (Wildman–Crippen MR) is 130 cm³/mol. The van der Waals surface area contributed by atoms with Gasteiger partial charge in [0.2, 0.25) is 5.43 Å². The molecule has 0 saturated carbocycles. The molecule has 2 aliphatic rings. The predicted octanol–water partition coefficient (Wildman–Crippen LogP) is 3.11. The van der Waals surface area contributed by atoms with E-state index in [9.17, 15) is 32.7 Å². The van der Waals surface area contributed by atoms with E-state index in [4.69, 9.17) is 16.4 Å². The zero-order valence-corrected chi connectivity index (χ0v) is 21.5. The number of carbonyl (C=O) groups excluding carboxylic acids is 2. The molecular formula is C24H25ClF3N5O5. The van der Waals surface area contributed by atoms with Crippen LogP contribution in [0.25, 0.3) is 0 Å². The lowest BCUT2D eigenvalue weighted by Crippen LogP contribution is -2.52. The van der Waals surface area contributed by atoms with Crippen LogP contribution in [0.1, 0.15) is 66.2 Å². The van der Waals surface area contributed by atoms with Gasteiger partial charge in [-0.3, -0.25) is 19.4 Å². The number of oxime groups is 1. The highest BCUT2D eigenvalue weighted by Gasteiger charge is 2.49. The van der Waals surface area contributed by atoms with Gasteiger partial charge < -0.3 is 24.7 Å². The van der Waals surface area contributed by atoms with Gasteiger partial charge in [0.1, 0.15) is 17.3 Å². The number of nitrogens with one attached hydrogen (secondary N) is 1. The Morgan fingerprint density at radius 1 is 1.39 bits per heavy atom. The highest BCUT2D eigenvalue weighted by molar-refractivity contribution is 6.30. The van der Waals surface area contributed by atoms with Crippen LogP contribution in [0.3, 0.4) is 0 Å². The number of carbonyl (C=O) groups is 2. The van der Waals surface area contributed by atoms with Crippen molar-refractivity contribution in [3.63, 3.8) is 0 Å². The molecular weight excluding hydrogens is 531 g/mol. The first kappa shape index (κ1) is 27.4. The lowest BCUT2D eigenvalue weighted by molar-refractivity contribution is -0.0741. The SMILES string of the molecule is C/C(CF)=N\O[C@]1(C)CC[C@H](C)N2C[C@H]1n1cc(C(=O)NCc3ncc(F)c(Cl)c3F)c(=O)c(O)c1C2=O. The number of alkyl halides is 1. The maximum Gasteiger partial charge on any atom is 0.274 e. The third-order valence-corrected chi connectivity index (χ3v) is 7.28. The Labute approximate surface area is 220 Å². The number of amides is 2. The summed E-state index contributed by atoms with van der Waals surface area (Å²) in [5, 5.41) is 16.2. The molecule has 0 radical (unpaired) electrons. The van der Waals surface area contributed by atoms with Gasteiger partial charge in [-0.25, -0.2) is 13.2 Å². The molecule has 3 atom stereocenters. The van der Waals surface area contributed by atoms with Gasteiger partial charge in [-0.2, -0.15) is 0 Å². The Morgan fingerprint density at radius 3 is 2.79 bits per heavy atom. The summed E-state index contributed by atoms with van der Waals surface area (Å²) in [6, 6.07) is -0.984. The molecule has 2 aromatic heterocycles. The summed E-state index contributed by atoms with van der Waals surface area (Å²) in [5.74, 6) is -4.80. The van der Waals surface area contributed by atoms with Crippen molar-refractivity contribution in [3.05, 3.63) is 56.2 Å². The van der Waals surface area contributed by atoms with E-state index in [-0.39, 0.29) is 29.7 Å². The first-order chi connectivity index (χ1) is 17.9. The zero-order valence-electron chi connectivity index (χ0n) is 20.7. The van der Waals surface area contributed by atoms with Crippen LogP contribution in [0.4, 0.5) is 13.2 Å². The first-order valence-electron chi connectivity index (χ1n) is 11.7. The molecule has 14 heteroatoms. The molecule has 2 aliphatic heterocycles. The van der Waals surface area contributed by atoms with Crippen molar-refractivity contribution < 1.29 is 32.7 Å². The minimum Gasteiger partial charge on any atom is -0.503 e. The Kier molecular flexibility index (Phi) is 7.42. The molecule has 0 unspecified atom stereocenters. The fraction of sp³-hybridized carbons (Fsp3) is 0.458. The normalized spacial score (nSPS) is 23.1. The van der Waals surface area contributed by atoms with E-state index in [1.54, 1.807) is 6.92 Å². The molecule has 2 N–H and O–H groups in total. The van der Waals surface area contributed by atoms with E-state index in [0.29, 0.717) is 19.0 Å². The second-order valence-corrected chi connectivity index (χ2v) is 9.94. The minimum absolute atomic E-state index is 0.0945. The number of nitrogens with zero attached hydrogens (tertiary/aromatic N) is 4. The fourth-order valence-electron chi connectivity index (χ4n) is 4.59. The topological polar surface area (TPSA) is 126 Å². The van der Waals surface area contributed by atoms with Gasteiger partial charge >= 0.3 is 0 Å². The van der Waals surface area contributed by atoms with Crippen LogP contribution in [0, 0.1) is 11.6 Å². The molecule has 1 saturated heterocycles. The third kappa shape index (κ3) is 4.70. The Hall–Kier alpha value is -3.61. The number of rotatable bonds is 6. The number of hydrogen-bond donors (Lipinski definition) is 2.